The third-order valence-corrected chi connectivity index (χ3v) is 4.79. The summed E-state index contributed by atoms with van der Waals surface area (Å²) in [7, 11) is 0.868. The molecule has 0 aromatic heterocycles. The van der Waals surface area contributed by atoms with E-state index in [2.05, 4.69) is 13.8 Å². The van der Waals surface area contributed by atoms with Crippen LogP contribution in [0.1, 0.15) is 52.4 Å². The molecule has 0 radical (unpaired) electrons. The highest BCUT2D eigenvalue weighted by molar-refractivity contribution is 6.13. The number of benzene rings is 1. The molecule has 0 unspecified atom stereocenters. The number of nitrogen functional groups attached to an aromatic ring is 1. The number of nitrogens with two attached hydrogens (primary N) is 1. The van der Waals surface area contributed by atoms with E-state index in [0.717, 1.165) is 73.4 Å². The molecule has 132 valence electrons. The Kier molecular flexibility index (Phi) is 9.99. The molecular weight excluding hydrogens is 306 g/mol. The van der Waals surface area contributed by atoms with E-state index in [-0.39, 0.29) is 5.41 Å². The first-order valence-corrected chi connectivity index (χ1v) is 9.86. The molecule has 0 aliphatic carbocycles. The first-order chi connectivity index (χ1) is 11.1. The highest BCUT2D eigenvalue weighted by atomic mass is 28.1. The normalized spacial score (nSPS) is 11.7. The van der Waals surface area contributed by atoms with Crippen molar-refractivity contribution in [3.63, 3.8) is 0 Å². The highest BCUT2D eigenvalue weighted by Crippen LogP contribution is 2.19. The highest BCUT2D eigenvalue weighted by Gasteiger charge is 2.24. The molecule has 0 bridgehead atoms. The maximum Gasteiger partial charge on any atom is 0.141 e. The zero-order chi connectivity index (χ0) is 17.0. The zero-order valence-electron chi connectivity index (χ0n) is 15.0. The van der Waals surface area contributed by atoms with Gasteiger partial charge in [0.15, 0.2) is 0 Å². The molecule has 0 spiro atoms. The van der Waals surface area contributed by atoms with E-state index in [9.17, 15) is 0 Å². The van der Waals surface area contributed by atoms with Gasteiger partial charge in [0, 0.05) is 25.0 Å². The van der Waals surface area contributed by atoms with E-state index in [4.69, 9.17) is 19.9 Å². The van der Waals surface area contributed by atoms with Crippen LogP contribution in [0.25, 0.3) is 0 Å². The Morgan fingerprint density at radius 1 is 1.00 bits per heavy atom. The Hall–Kier alpha value is -1.04. The molecular formula is C18H33NO3Si. The van der Waals surface area contributed by atoms with Crippen LogP contribution in [0.5, 0.6) is 5.75 Å². The molecule has 23 heavy (non-hydrogen) atoms. The maximum absolute atomic E-state index is 6.05. The van der Waals surface area contributed by atoms with Gasteiger partial charge in [0.2, 0.25) is 0 Å². The number of ether oxygens (including phenoxy) is 3. The summed E-state index contributed by atoms with van der Waals surface area (Å²) in [6.45, 7) is 6.57. The van der Waals surface area contributed by atoms with Gasteiger partial charge in [-0.1, -0.05) is 32.8 Å². The average molecular weight is 340 g/mol. The molecule has 0 fully saturated rings. The van der Waals surface area contributed by atoms with Crippen LogP contribution in [0.2, 0.25) is 0 Å². The van der Waals surface area contributed by atoms with Crippen molar-refractivity contribution in [1.29, 1.82) is 0 Å². The molecule has 0 heterocycles. The third-order valence-electron chi connectivity index (χ3n) is 3.71. The van der Waals surface area contributed by atoms with Gasteiger partial charge in [-0.2, -0.15) is 0 Å². The van der Waals surface area contributed by atoms with Crippen LogP contribution in [0.15, 0.2) is 24.3 Å². The minimum absolute atomic E-state index is 0.372. The molecule has 0 amide bonds. The number of hydrogen-bond acceptors (Lipinski definition) is 4. The predicted molar refractivity (Wildman–Crippen MR) is 100.0 cm³/mol. The molecule has 0 aliphatic rings. The SMILES string of the molecule is CCCCOC([SiH3])(CCCOc1cccc(N)c1)OCCCC. The summed E-state index contributed by atoms with van der Waals surface area (Å²) in [5, 5.41) is 0. The lowest BCUT2D eigenvalue weighted by atomic mass is 10.3. The van der Waals surface area contributed by atoms with Crippen LogP contribution in [0, 0.1) is 0 Å². The van der Waals surface area contributed by atoms with Crippen molar-refractivity contribution in [2.24, 2.45) is 0 Å². The first kappa shape index (κ1) is 20.0. The minimum atomic E-state index is -0.372. The molecule has 0 aliphatic heterocycles. The minimum Gasteiger partial charge on any atom is -0.494 e. The maximum atomic E-state index is 6.05. The molecule has 0 saturated carbocycles. The van der Waals surface area contributed by atoms with Crippen molar-refractivity contribution in [3.8, 4) is 5.75 Å². The summed E-state index contributed by atoms with van der Waals surface area (Å²) in [6, 6.07) is 7.55. The molecule has 1 aromatic carbocycles. The Labute approximate surface area is 144 Å². The molecule has 5 heteroatoms. The fourth-order valence-electron chi connectivity index (χ4n) is 2.24. The lowest BCUT2D eigenvalue weighted by molar-refractivity contribution is -0.184. The molecule has 4 nitrogen and oxygen atoms in total. The number of anilines is 1. The lowest BCUT2D eigenvalue weighted by Gasteiger charge is -2.30. The van der Waals surface area contributed by atoms with Gasteiger partial charge >= 0.3 is 0 Å². The summed E-state index contributed by atoms with van der Waals surface area (Å²) in [6.07, 6.45) is 6.25. The summed E-state index contributed by atoms with van der Waals surface area (Å²) in [5.41, 5.74) is 6.11. The number of unbranched alkanes of at least 4 members (excludes halogenated alkanes) is 2. The van der Waals surface area contributed by atoms with Crippen molar-refractivity contribution in [2.45, 2.75) is 57.8 Å². The predicted octanol–water partition coefficient (Wildman–Crippen LogP) is 3.08. The van der Waals surface area contributed by atoms with E-state index >= 15 is 0 Å². The summed E-state index contributed by atoms with van der Waals surface area (Å²) >= 11 is 0. The summed E-state index contributed by atoms with van der Waals surface area (Å²) in [5.74, 6) is 0.822. The van der Waals surface area contributed by atoms with E-state index in [1.807, 2.05) is 24.3 Å². The van der Waals surface area contributed by atoms with Crippen molar-refractivity contribution in [3.05, 3.63) is 24.3 Å². The fourth-order valence-corrected chi connectivity index (χ4v) is 3.00. The van der Waals surface area contributed by atoms with Crippen LogP contribution in [-0.4, -0.2) is 35.5 Å². The van der Waals surface area contributed by atoms with E-state index < -0.39 is 0 Å². The Morgan fingerprint density at radius 2 is 1.65 bits per heavy atom. The molecule has 1 aromatic rings. The Bertz CT molecular complexity index is 418. The number of rotatable bonds is 13. The molecule has 0 saturated heterocycles. The summed E-state index contributed by atoms with van der Waals surface area (Å²) in [4.78, 5) is 0. The van der Waals surface area contributed by atoms with Crippen molar-refractivity contribution in [1.82, 2.24) is 0 Å². The third kappa shape index (κ3) is 8.98. The van der Waals surface area contributed by atoms with Crippen LogP contribution in [0.3, 0.4) is 0 Å². The van der Waals surface area contributed by atoms with Gasteiger partial charge in [-0.15, -0.1) is 0 Å². The topological polar surface area (TPSA) is 53.7 Å². The zero-order valence-corrected chi connectivity index (χ0v) is 17.0. The monoisotopic (exact) mass is 339 g/mol. The van der Waals surface area contributed by atoms with E-state index in [0.29, 0.717) is 6.61 Å². The fraction of sp³-hybridized carbons (Fsp3) is 0.667. The molecule has 0 atom stereocenters. The Balaban J connectivity index is 2.36. The van der Waals surface area contributed by atoms with E-state index in [1.165, 1.54) is 0 Å². The average Bonchev–Trinajstić information content (AvgIpc) is 2.52. The van der Waals surface area contributed by atoms with Gasteiger partial charge in [-0.25, -0.2) is 0 Å². The first-order valence-electron chi connectivity index (χ1n) is 8.86. The second-order valence-electron chi connectivity index (χ2n) is 6.06. The lowest BCUT2D eigenvalue weighted by Crippen LogP contribution is -2.38. The quantitative estimate of drug-likeness (QED) is 0.260. The van der Waals surface area contributed by atoms with Crippen molar-refractivity contribution in [2.75, 3.05) is 25.6 Å². The second-order valence-corrected chi connectivity index (χ2v) is 7.59. The van der Waals surface area contributed by atoms with Crippen molar-refractivity contribution < 1.29 is 14.2 Å². The Morgan fingerprint density at radius 3 is 2.22 bits per heavy atom. The molecule has 1 rings (SSSR count). The van der Waals surface area contributed by atoms with Gasteiger partial charge in [0.25, 0.3) is 0 Å². The summed E-state index contributed by atoms with van der Waals surface area (Å²) < 4.78 is 17.9. The van der Waals surface area contributed by atoms with Crippen LogP contribution in [-0.2, 0) is 9.47 Å². The van der Waals surface area contributed by atoms with E-state index in [1.54, 1.807) is 0 Å². The van der Waals surface area contributed by atoms with Gasteiger partial charge in [0.05, 0.1) is 16.8 Å². The van der Waals surface area contributed by atoms with Gasteiger partial charge in [-0.05, 0) is 37.8 Å². The van der Waals surface area contributed by atoms with Crippen LogP contribution < -0.4 is 10.5 Å². The largest absolute Gasteiger partial charge is 0.494 e. The second kappa shape index (κ2) is 11.5. The standard InChI is InChI=1S/C18H33NO3Si/c1-3-5-13-21-18(23,22-14-6-4-2)11-8-12-20-17-10-7-9-16(19)15-17/h7,9-10,15H,3-6,8,11-14,19H2,1-2,23H3. The smallest absolute Gasteiger partial charge is 0.141 e. The van der Waals surface area contributed by atoms with Gasteiger partial charge in [0.1, 0.15) is 11.2 Å². The van der Waals surface area contributed by atoms with Gasteiger partial charge in [-0.3, -0.25) is 0 Å². The van der Waals surface area contributed by atoms with Gasteiger partial charge < -0.3 is 19.9 Å². The van der Waals surface area contributed by atoms with Crippen LogP contribution in [0.4, 0.5) is 5.69 Å². The van der Waals surface area contributed by atoms with Crippen molar-refractivity contribution >= 4 is 15.9 Å². The molecule has 2 N–H and O–H groups in total. The number of hydrogen-bond donors (Lipinski definition) is 1. The van der Waals surface area contributed by atoms with Crippen LogP contribution >= 0.6 is 0 Å².